The average Bonchev–Trinajstić information content (AvgIpc) is 2.34. The van der Waals surface area contributed by atoms with Gasteiger partial charge < -0.3 is 16.2 Å². The van der Waals surface area contributed by atoms with Gasteiger partial charge in [0.15, 0.2) is 0 Å². The minimum Gasteiger partial charge on any atom is -0.438 e. The monoisotopic (exact) mass is 307 g/mol. The van der Waals surface area contributed by atoms with E-state index in [0.717, 1.165) is 4.47 Å². The molecule has 4 N–H and O–H groups in total. The molecule has 1 heterocycles. The largest absolute Gasteiger partial charge is 0.438 e. The van der Waals surface area contributed by atoms with Crippen LogP contribution in [0.25, 0.3) is 0 Å². The molecule has 0 aliphatic carbocycles. The molecule has 5 nitrogen and oxygen atoms in total. The van der Waals surface area contributed by atoms with E-state index in [-0.39, 0.29) is 11.4 Å². The number of hydrogen-bond donors (Lipinski definition) is 2. The van der Waals surface area contributed by atoms with E-state index in [1.54, 1.807) is 12.1 Å². The van der Waals surface area contributed by atoms with Crippen LogP contribution in [0.15, 0.2) is 41.0 Å². The number of aromatic nitrogens is 1. The lowest BCUT2D eigenvalue weighted by molar-refractivity contribution is 0.0997. The first-order valence-electron chi connectivity index (χ1n) is 5.05. The number of nitrogens with two attached hydrogens (primary N) is 2. The number of hydrogen-bond acceptors (Lipinski definition) is 4. The molecule has 0 unspecified atom stereocenters. The van der Waals surface area contributed by atoms with Crippen molar-refractivity contribution in [2.24, 2.45) is 5.73 Å². The number of carbonyl (C=O) groups excluding carboxylic acids is 1. The second kappa shape index (κ2) is 5.05. The van der Waals surface area contributed by atoms with Gasteiger partial charge in [-0.1, -0.05) is 15.9 Å². The van der Waals surface area contributed by atoms with Gasteiger partial charge in [0, 0.05) is 4.47 Å². The third-order valence-corrected chi connectivity index (χ3v) is 2.69. The Labute approximate surface area is 112 Å². The van der Waals surface area contributed by atoms with Crippen LogP contribution in [0.2, 0.25) is 0 Å². The molecule has 0 saturated carbocycles. The molecule has 0 saturated heterocycles. The third kappa shape index (κ3) is 2.78. The summed E-state index contributed by atoms with van der Waals surface area (Å²) in [6, 6.07) is 8.55. The van der Waals surface area contributed by atoms with Crippen molar-refractivity contribution >= 4 is 27.5 Å². The number of carbonyl (C=O) groups is 1. The number of amides is 1. The predicted octanol–water partition coefficient (Wildman–Crippen LogP) is 2.32. The Hall–Kier alpha value is -2.08. The molecule has 92 valence electrons. The van der Waals surface area contributed by atoms with Crippen LogP contribution in [0, 0.1) is 0 Å². The van der Waals surface area contributed by atoms with E-state index in [9.17, 15) is 4.79 Å². The normalized spacial score (nSPS) is 10.1. The summed E-state index contributed by atoms with van der Waals surface area (Å²) in [5, 5.41) is 0. The van der Waals surface area contributed by atoms with E-state index < -0.39 is 5.91 Å². The van der Waals surface area contributed by atoms with Gasteiger partial charge in [0.25, 0.3) is 5.91 Å². The fourth-order valence-corrected chi connectivity index (χ4v) is 1.60. The van der Waals surface area contributed by atoms with Gasteiger partial charge in [-0.2, -0.15) is 0 Å². The van der Waals surface area contributed by atoms with Gasteiger partial charge in [0.2, 0.25) is 5.88 Å². The van der Waals surface area contributed by atoms with Gasteiger partial charge in [-0.05, 0) is 30.3 Å². The van der Waals surface area contributed by atoms with Crippen molar-refractivity contribution in [1.29, 1.82) is 0 Å². The Balaban J connectivity index is 2.34. The van der Waals surface area contributed by atoms with Crippen molar-refractivity contribution in [2.45, 2.75) is 0 Å². The van der Waals surface area contributed by atoms with Gasteiger partial charge in [-0.15, -0.1) is 0 Å². The van der Waals surface area contributed by atoms with Gasteiger partial charge in [0.1, 0.15) is 11.3 Å². The second-order valence-corrected chi connectivity index (χ2v) is 4.46. The molecule has 1 aromatic heterocycles. The number of primary amides is 1. The summed E-state index contributed by atoms with van der Waals surface area (Å²) >= 11 is 3.32. The van der Waals surface area contributed by atoms with Crippen LogP contribution in [0.5, 0.6) is 11.6 Å². The van der Waals surface area contributed by atoms with E-state index in [2.05, 4.69) is 20.9 Å². The summed E-state index contributed by atoms with van der Waals surface area (Å²) in [6.07, 6.45) is 1.40. The standard InChI is InChI=1S/C12H10BrN3O2/c13-7-1-3-9(4-2-7)18-12-10(11(15)17)5-8(14)6-16-12/h1-6H,14H2,(H2,15,17). The van der Waals surface area contributed by atoms with E-state index in [4.69, 9.17) is 16.2 Å². The average molecular weight is 308 g/mol. The molecular weight excluding hydrogens is 298 g/mol. The number of anilines is 1. The fourth-order valence-electron chi connectivity index (χ4n) is 1.34. The van der Waals surface area contributed by atoms with Crippen LogP contribution in [-0.2, 0) is 0 Å². The maximum Gasteiger partial charge on any atom is 0.254 e. The molecule has 18 heavy (non-hydrogen) atoms. The number of rotatable bonds is 3. The van der Waals surface area contributed by atoms with Crippen molar-refractivity contribution in [3.05, 3.63) is 46.6 Å². The van der Waals surface area contributed by atoms with Crippen LogP contribution in [-0.4, -0.2) is 10.9 Å². The Bertz CT molecular complexity index is 584. The molecule has 2 aromatic rings. The molecular formula is C12H10BrN3O2. The topological polar surface area (TPSA) is 91.2 Å². The van der Waals surface area contributed by atoms with Crippen molar-refractivity contribution in [1.82, 2.24) is 4.98 Å². The van der Waals surface area contributed by atoms with Gasteiger partial charge in [-0.25, -0.2) is 4.98 Å². The van der Waals surface area contributed by atoms with E-state index in [1.165, 1.54) is 12.3 Å². The number of nitrogen functional groups attached to an aromatic ring is 1. The van der Waals surface area contributed by atoms with E-state index >= 15 is 0 Å². The first-order chi connectivity index (χ1) is 8.56. The zero-order valence-electron chi connectivity index (χ0n) is 9.26. The zero-order chi connectivity index (χ0) is 13.1. The minimum atomic E-state index is -0.637. The lowest BCUT2D eigenvalue weighted by Crippen LogP contribution is -2.13. The molecule has 0 aliphatic rings. The Morgan fingerprint density at radius 3 is 2.56 bits per heavy atom. The molecule has 0 atom stereocenters. The van der Waals surface area contributed by atoms with Crippen molar-refractivity contribution < 1.29 is 9.53 Å². The summed E-state index contributed by atoms with van der Waals surface area (Å²) in [5.41, 5.74) is 11.3. The maximum atomic E-state index is 11.3. The van der Waals surface area contributed by atoms with Gasteiger partial charge >= 0.3 is 0 Å². The SMILES string of the molecule is NC(=O)c1cc(N)cnc1Oc1ccc(Br)cc1. The molecule has 6 heteroatoms. The van der Waals surface area contributed by atoms with Gasteiger partial charge in [-0.3, -0.25) is 4.79 Å². The third-order valence-electron chi connectivity index (χ3n) is 2.17. The van der Waals surface area contributed by atoms with Crippen LogP contribution >= 0.6 is 15.9 Å². The molecule has 0 bridgehead atoms. The van der Waals surface area contributed by atoms with Crippen LogP contribution in [0.1, 0.15) is 10.4 Å². The summed E-state index contributed by atoms with van der Waals surface area (Å²) < 4.78 is 6.42. The summed E-state index contributed by atoms with van der Waals surface area (Å²) in [4.78, 5) is 15.2. The minimum absolute atomic E-state index is 0.138. The number of pyridine rings is 1. The van der Waals surface area contributed by atoms with Crippen molar-refractivity contribution in [3.8, 4) is 11.6 Å². The first-order valence-corrected chi connectivity index (χ1v) is 5.84. The van der Waals surface area contributed by atoms with Crippen molar-refractivity contribution in [2.75, 3.05) is 5.73 Å². The van der Waals surface area contributed by atoms with E-state index in [1.807, 2.05) is 12.1 Å². The van der Waals surface area contributed by atoms with Gasteiger partial charge in [0.05, 0.1) is 11.9 Å². The van der Waals surface area contributed by atoms with Crippen LogP contribution in [0.4, 0.5) is 5.69 Å². The second-order valence-electron chi connectivity index (χ2n) is 3.54. The predicted molar refractivity (Wildman–Crippen MR) is 71.4 cm³/mol. The summed E-state index contributed by atoms with van der Waals surface area (Å²) in [7, 11) is 0. The number of ether oxygens (including phenoxy) is 1. The first kappa shape index (κ1) is 12.4. The van der Waals surface area contributed by atoms with Crippen molar-refractivity contribution in [3.63, 3.8) is 0 Å². The Morgan fingerprint density at radius 1 is 1.28 bits per heavy atom. The lowest BCUT2D eigenvalue weighted by atomic mass is 10.2. The van der Waals surface area contributed by atoms with Crippen LogP contribution in [0.3, 0.4) is 0 Å². The molecule has 0 radical (unpaired) electrons. The Morgan fingerprint density at radius 2 is 1.94 bits per heavy atom. The number of nitrogens with zero attached hydrogens (tertiary/aromatic N) is 1. The lowest BCUT2D eigenvalue weighted by Gasteiger charge is -2.08. The van der Waals surface area contributed by atoms with Crippen LogP contribution < -0.4 is 16.2 Å². The number of halogens is 1. The maximum absolute atomic E-state index is 11.3. The highest BCUT2D eigenvalue weighted by atomic mass is 79.9. The summed E-state index contributed by atoms with van der Waals surface area (Å²) in [5.74, 6) is 0.0545. The molecule has 1 aromatic carbocycles. The molecule has 1 amide bonds. The zero-order valence-corrected chi connectivity index (χ0v) is 10.8. The fraction of sp³-hybridized carbons (Fsp3) is 0. The molecule has 2 rings (SSSR count). The smallest absolute Gasteiger partial charge is 0.254 e. The molecule has 0 aliphatic heterocycles. The highest BCUT2D eigenvalue weighted by Crippen LogP contribution is 2.25. The quantitative estimate of drug-likeness (QED) is 0.910. The highest BCUT2D eigenvalue weighted by Gasteiger charge is 2.12. The summed E-state index contributed by atoms with van der Waals surface area (Å²) in [6.45, 7) is 0. The number of benzene rings is 1. The molecule has 0 spiro atoms. The highest BCUT2D eigenvalue weighted by molar-refractivity contribution is 9.10. The Kier molecular flexibility index (Phi) is 3.47. The van der Waals surface area contributed by atoms with E-state index in [0.29, 0.717) is 11.4 Å². The molecule has 0 fully saturated rings.